The maximum atomic E-state index is 3.21. The molecule has 0 saturated carbocycles. The van der Waals surface area contributed by atoms with E-state index in [1.807, 2.05) is 0 Å². The summed E-state index contributed by atoms with van der Waals surface area (Å²) in [7, 11) is 0. The van der Waals surface area contributed by atoms with Gasteiger partial charge in [-0.3, -0.25) is 0 Å². The fourth-order valence-electron chi connectivity index (χ4n) is 5.35. The zero-order valence-corrected chi connectivity index (χ0v) is 28.0. The maximum absolute atomic E-state index is 3.21. The van der Waals surface area contributed by atoms with Crippen LogP contribution in [0.2, 0.25) is 0 Å². The van der Waals surface area contributed by atoms with Crippen LogP contribution in [-0.4, -0.2) is 0 Å². The van der Waals surface area contributed by atoms with Crippen LogP contribution in [0.5, 0.6) is 0 Å². The van der Waals surface area contributed by atoms with Crippen molar-refractivity contribution in [1.82, 2.24) is 0 Å². The number of rotatable bonds is 6. The van der Waals surface area contributed by atoms with Crippen molar-refractivity contribution in [3.8, 4) is 0 Å². The number of para-hydroxylation sites is 2. The Kier molecular flexibility index (Phi) is 12.2. The Morgan fingerprint density at radius 1 is 0.564 bits per heavy atom. The van der Waals surface area contributed by atoms with Gasteiger partial charge >= 0.3 is 0 Å². The summed E-state index contributed by atoms with van der Waals surface area (Å²) in [6.07, 6.45) is 4.43. The van der Waals surface area contributed by atoms with Crippen LogP contribution < -0.4 is 9.80 Å². The Labute approximate surface area is 255 Å². The van der Waals surface area contributed by atoms with E-state index < -0.39 is 0 Å². The third kappa shape index (κ3) is 8.13. The van der Waals surface area contributed by atoms with Crippen molar-refractivity contribution >= 4 is 11.4 Å². The van der Waals surface area contributed by atoms with E-state index >= 15 is 0 Å². The Bertz CT molecular complexity index is 1080. The number of hydrogen-bond donors (Lipinski definition) is 0. The van der Waals surface area contributed by atoms with Crippen molar-refractivity contribution in [1.29, 1.82) is 0 Å². The van der Waals surface area contributed by atoms with Crippen molar-refractivity contribution in [3.05, 3.63) is 113 Å². The Morgan fingerprint density at radius 2 is 0.872 bits per heavy atom. The van der Waals surface area contributed by atoms with Crippen molar-refractivity contribution in [2.75, 3.05) is 9.80 Å². The molecule has 1 aliphatic rings. The van der Waals surface area contributed by atoms with Crippen LogP contribution in [0, 0.1) is 33.5 Å². The van der Waals surface area contributed by atoms with Gasteiger partial charge in [-0.1, -0.05) is 113 Å². The summed E-state index contributed by atoms with van der Waals surface area (Å²) >= 11 is 0. The molecule has 0 N–H and O–H groups in total. The van der Waals surface area contributed by atoms with E-state index in [0.717, 1.165) is 0 Å². The number of anilines is 2. The second kappa shape index (κ2) is 14.4. The van der Waals surface area contributed by atoms with Gasteiger partial charge in [-0.25, -0.2) is 0 Å². The summed E-state index contributed by atoms with van der Waals surface area (Å²) in [4.78, 5) is 4.65. The van der Waals surface area contributed by atoms with Crippen LogP contribution in [0.4, 0.5) is 11.4 Å². The van der Waals surface area contributed by atoms with Crippen LogP contribution in [0.25, 0.3) is 0 Å². The zero-order chi connectivity index (χ0) is 28.1. The molecule has 0 aliphatic carbocycles. The molecule has 0 atom stereocenters. The number of benzene rings is 3. The average Bonchev–Trinajstić information content (AvgIpc) is 3.32. The van der Waals surface area contributed by atoms with Crippen molar-refractivity contribution in [2.45, 2.75) is 99.8 Å². The van der Waals surface area contributed by atoms with Crippen molar-refractivity contribution in [2.24, 2.45) is 0 Å². The largest absolute Gasteiger partial charge is 0.479 e. The standard InChI is InChI=1S/C27H37N2.C9H11.Au/c1-18(2)22-11-9-12-23(19(3)4)26(22)28-15-16-29(17-28)27-24(20(5)6)13-10-14-25(27)21(7)8;1-7-4-8(2)6-9(3)5-7;/h9-21H,1-8H3;4-5H,1-3H3;/q2*-1;. The molecule has 1 heterocycles. The van der Waals surface area contributed by atoms with E-state index in [1.54, 1.807) is 0 Å². The Hall–Kier alpha value is -2.26. The summed E-state index contributed by atoms with van der Waals surface area (Å²) < 4.78 is 0. The first-order valence-electron chi connectivity index (χ1n) is 14.2. The van der Waals surface area contributed by atoms with Crippen LogP contribution in [-0.2, 0) is 22.4 Å². The first kappa shape index (κ1) is 32.9. The molecule has 4 rings (SSSR count). The maximum Gasteiger partial charge on any atom is 0.0195 e. The molecule has 39 heavy (non-hydrogen) atoms. The molecule has 0 spiro atoms. The summed E-state index contributed by atoms with van der Waals surface area (Å²) in [5.74, 6) is 1.92. The Morgan fingerprint density at radius 3 is 1.13 bits per heavy atom. The third-order valence-electron chi connectivity index (χ3n) is 7.12. The molecule has 3 aromatic carbocycles. The molecule has 0 unspecified atom stereocenters. The molecule has 215 valence electrons. The van der Waals surface area contributed by atoms with Crippen LogP contribution in [0.3, 0.4) is 0 Å². The van der Waals surface area contributed by atoms with Gasteiger partial charge in [0.2, 0.25) is 0 Å². The molecule has 3 aromatic rings. The molecular formula is C36H48AuN2-2. The van der Waals surface area contributed by atoms with Gasteiger partial charge in [0.25, 0.3) is 0 Å². The molecule has 1 aliphatic heterocycles. The molecular weight excluding hydrogens is 657 g/mol. The smallest absolute Gasteiger partial charge is 0.0195 e. The predicted octanol–water partition coefficient (Wildman–Crippen LogP) is 10.5. The molecule has 0 bridgehead atoms. The fourth-order valence-corrected chi connectivity index (χ4v) is 5.35. The van der Waals surface area contributed by atoms with Crippen LogP contribution in [0.1, 0.15) is 118 Å². The molecule has 1 radical (unpaired) electrons. The van der Waals surface area contributed by atoms with Gasteiger partial charge in [-0.2, -0.15) is 34.9 Å². The van der Waals surface area contributed by atoms with E-state index in [0.29, 0.717) is 23.7 Å². The molecule has 0 amide bonds. The van der Waals surface area contributed by atoms with E-state index in [4.69, 9.17) is 0 Å². The van der Waals surface area contributed by atoms with E-state index in [9.17, 15) is 0 Å². The molecule has 2 nitrogen and oxygen atoms in total. The summed E-state index contributed by atoms with van der Waals surface area (Å²) in [5, 5.41) is 0. The molecule has 0 fully saturated rings. The number of nitrogens with zero attached hydrogens (tertiary/aromatic N) is 2. The quantitative estimate of drug-likeness (QED) is 0.186. The minimum absolute atomic E-state index is 0. The van der Waals surface area contributed by atoms with E-state index in [1.165, 1.54) is 50.3 Å². The van der Waals surface area contributed by atoms with E-state index in [-0.39, 0.29) is 22.4 Å². The predicted molar refractivity (Wildman–Crippen MR) is 167 cm³/mol. The van der Waals surface area contributed by atoms with Crippen LogP contribution in [0.15, 0.2) is 60.9 Å². The van der Waals surface area contributed by atoms with Gasteiger partial charge < -0.3 is 9.80 Å². The van der Waals surface area contributed by atoms with E-state index in [2.05, 4.69) is 160 Å². The topological polar surface area (TPSA) is 6.48 Å². The summed E-state index contributed by atoms with van der Waals surface area (Å²) in [6, 6.07) is 21.0. The zero-order valence-electron chi connectivity index (χ0n) is 25.9. The summed E-state index contributed by atoms with van der Waals surface area (Å²) in [6.45, 7) is 26.8. The minimum atomic E-state index is 0. The van der Waals surface area contributed by atoms with Gasteiger partial charge in [-0.15, -0.1) is 6.67 Å². The number of aryl methyl sites for hydroxylation is 3. The third-order valence-corrected chi connectivity index (χ3v) is 7.12. The second-order valence-corrected chi connectivity index (χ2v) is 11.9. The second-order valence-electron chi connectivity index (χ2n) is 11.9. The Balaban J connectivity index is 0.000000453. The average molecular weight is 706 g/mol. The van der Waals surface area contributed by atoms with Gasteiger partial charge in [0.05, 0.1) is 0 Å². The van der Waals surface area contributed by atoms with Crippen molar-refractivity contribution in [3.63, 3.8) is 0 Å². The normalized spacial score (nSPS) is 12.9. The molecule has 0 saturated heterocycles. The van der Waals surface area contributed by atoms with Gasteiger partial charge in [0, 0.05) is 33.8 Å². The minimum Gasteiger partial charge on any atom is -0.479 e. The first-order chi connectivity index (χ1) is 17.9. The molecule has 0 aromatic heterocycles. The fraction of sp³-hybridized carbons (Fsp3) is 0.417. The molecule has 3 heteroatoms. The summed E-state index contributed by atoms with van der Waals surface area (Å²) in [5.41, 5.74) is 12.1. The van der Waals surface area contributed by atoms with Gasteiger partial charge in [0.1, 0.15) is 0 Å². The van der Waals surface area contributed by atoms with Crippen LogP contribution >= 0.6 is 0 Å². The first-order valence-corrected chi connectivity index (χ1v) is 14.2. The van der Waals surface area contributed by atoms with Gasteiger partial charge in [0.15, 0.2) is 0 Å². The van der Waals surface area contributed by atoms with Gasteiger partial charge in [-0.05, 0) is 58.3 Å². The monoisotopic (exact) mass is 705 g/mol. The SMILES string of the molecule is CC(C)c1cccc(C(C)C)c1N1C=CN(c2c(C(C)C)cccc2C(C)C)[CH-]1.Cc1[c-]c(C)cc(C)c1.[Au]. The van der Waals surface area contributed by atoms with Crippen molar-refractivity contribution < 1.29 is 22.4 Å². The number of hydrogen-bond acceptors (Lipinski definition) is 2.